The van der Waals surface area contributed by atoms with E-state index in [0.717, 1.165) is 21.6 Å². The highest BCUT2D eigenvalue weighted by molar-refractivity contribution is 6.43. The molecule has 0 unspecified atom stereocenters. The molecule has 0 spiro atoms. The molecule has 5 rings (SSSR count). The second kappa shape index (κ2) is 12.2. The van der Waals surface area contributed by atoms with Crippen molar-refractivity contribution in [1.82, 2.24) is 0 Å². The number of fused-ring (bicyclic) bond motifs is 3. The summed E-state index contributed by atoms with van der Waals surface area (Å²) >= 11 is 0. The van der Waals surface area contributed by atoms with Crippen molar-refractivity contribution in [3.8, 4) is 5.75 Å². The molecule has 0 aromatic heterocycles. The molecule has 1 aliphatic carbocycles. The van der Waals surface area contributed by atoms with Gasteiger partial charge in [-0.1, -0.05) is 30.7 Å². The van der Waals surface area contributed by atoms with E-state index in [0.29, 0.717) is 24.8 Å². The molecule has 0 saturated carbocycles. The number of benzene rings is 2. The first-order valence-corrected chi connectivity index (χ1v) is 14.0. The Morgan fingerprint density at radius 1 is 1.24 bits per heavy atom. The van der Waals surface area contributed by atoms with Crippen molar-refractivity contribution in [1.29, 1.82) is 0 Å². The van der Waals surface area contributed by atoms with Crippen LogP contribution in [-0.4, -0.2) is 53.8 Å². The number of anilines is 1. The zero-order valence-corrected chi connectivity index (χ0v) is 23.4. The van der Waals surface area contributed by atoms with Gasteiger partial charge < -0.3 is 19.5 Å². The van der Waals surface area contributed by atoms with Gasteiger partial charge in [-0.15, -0.1) is 0 Å². The summed E-state index contributed by atoms with van der Waals surface area (Å²) in [6, 6.07) is 9.66. The van der Waals surface area contributed by atoms with Gasteiger partial charge in [0.05, 0.1) is 35.2 Å². The van der Waals surface area contributed by atoms with Crippen LogP contribution in [-0.2, 0) is 19.0 Å². The third-order valence-electron chi connectivity index (χ3n) is 8.45. The number of amides is 2. The average molecular weight is 578 g/mol. The van der Waals surface area contributed by atoms with E-state index in [1.165, 1.54) is 36.4 Å². The van der Waals surface area contributed by atoms with Gasteiger partial charge in [-0.05, 0) is 72.8 Å². The molecule has 2 saturated heterocycles. The molecular formula is C30H32BFN2O8. The highest BCUT2D eigenvalue weighted by atomic mass is 19.1. The number of hydrogen-bond donors (Lipinski definition) is 2. The fourth-order valence-electron chi connectivity index (χ4n) is 6.59. The molecule has 0 bridgehead atoms. The van der Waals surface area contributed by atoms with Crippen molar-refractivity contribution < 1.29 is 38.4 Å². The van der Waals surface area contributed by atoms with Gasteiger partial charge in [0.25, 0.3) is 5.69 Å². The van der Waals surface area contributed by atoms with E-state index in [-0.39, 0.29) is 30.7 Å². The predicted octanol–water partition coefficient (Wildman–Crippen LogP) is 4.66. The maximum absolute atomic E-state index is 13.9. The number of rotatable bonds is 9. The van der Waals surface area contributed by atoms with Crippen molar-refractivity contribution in [2.24, 2.45) is 17.8 Å². The molecule has 2 amide bonds. The molecule has 2 aromatic carbocycles. The van der Waals surface area contributed by atoms with Crippen LogP contribution in [0.1, 0.15) is 38.2 Å². The highest BCUT2D eigenvalue weighted by Gasteiger charge is 2.57. The predicted molar refractivity (Wildman–Crippen MR) is 153 cm³/mol. The Morgan fingerprint density at radius 3 is 2.71 bits per heavy atom. The molecule has 220 valence electrons. The van der Waals surface area contributed by atoms with Crippen LogP contribution in [0.3, 0.4) is 0 Å². The van der Waals surface area contributed by atoms with E-state index in [1.807, 2.05) is 13.0 Å². The number of nitrogens with zero attached hydrogens (tertiary/aromatic N) is 2. The lowest BCUT2D eigenvalue weighted by Crippen LogP contribution is -2.46. The molecule has 2 N–H and O–H groups in total. The largest absolute Gasteiger partial charge is 0.505 e. The van der Waals surface area contributed by atoms with Crippen molar-refractivity contribution in [3.63, 3.8) is 0 Å². The molecule has 2 aromatic rings. The molecular weight excluding hydrogens is 546 g/mol. The van der Waals surface area contributed by atoms with Crippen LogP contribution in [0.4, 0.5) is 15.8 Å². The monoisotopic (exact) mass is 578 g/mol. The summed E-state index contributed by atoms with van der Waals surface area (Å²) in [7, 11) is 0.398. The third kappa shape index (κ3) is 5.61. The number of ether oxygens (including phenoxy) is 1. The lowest BCUT2D eigenvalue weighted by molar-refractivity contribution is -0.384. The second-order valence-electron chi connectivity index (χ2n) is 10.9. The van der Waals surface area contributed by atoms with Gasteiger partial charge in [0.2, 0.25) is 11.8 Å². The van der Waals surface area contributed by atoms with Crippen LogP contribution in [0, 0.1) is 33.7 Å². The minimum atomic E-state index is -1.15. The normalized spacial score (nSPS) is 24.2. The Hall–Kier alpha value is -3.87. The number of nitro groups is 1. The zero-order valence-electron chi connectivity index (χ0n) is 23.4. The van der Waals surface area contributed by atoms with Crippen molar-refractivity contribution in [3.05, 3.63) is 80.7 Å². The minimum Gasteiger partial charge on any atom is -0.505 e. The summed E-state index contributed by atoms with van der Waals surface area (Å²) in [6.07, 6.45) is 3.45. The smallest absolute Gasteiger partial charge is 0.455 e. The van der Waals surface area contributed by atoms with E-state index in [4.69, 9.17) is 9.39 Å². The maximum Gasteiger partial charge on any atom is 0.455 e. The number of imide groups is 1. The lowest BCUT2D eigenvalue weighted by atomic mass is 9.58. The Bertz CT molecular complexity index is 1480. The summed E-state index contributed by atoms with van der Waals surface area (Å²) in [5.41, 5.74) is 3.25. The van der Waals surface area contributed by atoms with Crippen molar-refractivity contribution in [2.45, 2.75) is 45.0 Å². The third-order valence-corrected chi connectivity index (χ3v) is 8.45. The van der Waals surface area contributed by atoms with E-state index >= 15 is 0 Å². The van der Waals surface area contributed by atoms with Crippen molar-refractivity contribution >= 4 is 36.4 Å². The number of halogens is 1. The Morgan fingerprint density at radius 2 is 2.02 bits per heavy atom. The first kappa shape index (κ1) is 29.6. The Balaban J connectivity index is 1.44. The maximum atomic E-state index is 13.9. The van der Waals surface area contributed by atoms with Gasteiger partial charge in [0.1, 0.15) is 0 Å². The molecule has 4 atom stereocenters. The average Bonchev–Trinajstić information content (AvgIpc) is 3.21. The topological polar surface area (TPSA) is 139 Å². The number of nitro benzene ring substituents is 1. The molecule has 10 nitrogen and oxygen atoms in total. The van der Waals surface area contributed by atoms with Crippen LogP contribution in [0.2, 0.25) is 6.32 Å². The van der Waals surface area contributed by atoms with E-state index in [2.05, 4.69) is 0 Å². The lowest BCUT2D eigenvalue weighted by Gasteiger charge is -2.43. The van der Waals surface area contributed by atoms with Gasteiger partial charge in [-0.2, -0.15) is 0 Å². The number of hydrogen-bond acceptors (Lipinski definition) is 8. The molecule has 2 fully saturated rings. The Labute approximate surface area is 242 Å². The summed E-state index contributed by atoms with van der Waals surface area (Å²) in [6.45, 7) is 2.21. The van der Waals surface area contributed by atoms with Gasteiger partial charge in [0, 0.05) is 19.2 Å². The van der Waals surface area contributed by atoms with Crippen LogP contribution in [0.15, 0.2) is 59.2 Å². The number of carbonyl (C=O) groups is 2. The van der Waals surface area contributed by atoms with E-state index < -0.39 is 59.3 Å². The first-order chi connectivity index (χ1) is 20.1. The number of allylic oxidation sites excluding steroid dienone is 1. The molecule has 42 heavy (non-hydrogen) atoms. The number of methoxy groups -OCH3 is 1. The summed E-state index contributed by atoms with van der Waals surface area (Å²) in [5.74, 6) is -3.89. The summed E-state index contributed by atoms with van der Waals surface area (Å²) in [4.78, 5) is 39.3. The van der Waals surface area contributed by atoms with Crippen molar-refractivity contribution in [2.75, 3.05) is 18.6 Å². The Kier molecular flexibility index (Phi) is 8.58. The number of non-ortho nitro benzene ring substituents is 1. The zero-order chi connectivity index (χ0) is 30.1. The fraction of sp³-hybridized carbons (Fsp3) is 0.400. The molecule has 0 radical (unpaired) electrons. The minimum absolute atomic E-state index is 0.130. The first-order valence-electron chi connectivity index (χ1n) is 14.0. The standard InChI is InChI=1S/C30H32BFN2O8/c1-3-17(11-18-7-9-25(35)24(32)12-18)8-10-26-27-19(16-41-2)13-22-28(23(27)15-31(38)42-26)30(37)33(29(22)36)20-5-4-6-21(14-20)34(39)40/h4-7,9,11-12,14,22-23,26,28,35,38H,3,8,10,13,15-16H2,1-2H3/b17-11+/t22-,23+,26-,28-/m1/s1. The van der Waals surface area contributed by atoms with Crippen LogP contribution in [0.25, 0.3) is 6.08 Å². The number of carbonyl (C=O) groups excluding carboxylic acids is 2. The number of phenols is 1. The quantitative estimate of drug-likeness (QED) is 0.144. The highest BCUT2D eigenvalue weighted by Crippen LogP contribution is 2.51. The van der Waals surface area contributed by atoms with Crippen LogP contribution in [0.5, 0.6) is 5.75 Å². The van der Waals surface area contributed by atoms with Gasteiger partial charge in [0.15, 0.2) is 11.6 Å². The van der Waals surface area contributed by atoms with Gasteiger partial charge in [-0.25, -0.2) is 9.29 Å². The van der Waals surface area contributed by atoms with Crippen LogP contribution >= 0.6 is 0 Å². The molecule has 2 aliphatic heterocycles. The molecule has 12 heteroatoms. The summed E-state index contributed by atoms with van der Waals surface area (Å²) < 4.78 is 25.4. The SMILES string of the molecule is CC/C(=C\c1ccc(O)c(F)c1)CC[C@H]1OB(O)C[C@H]2C1=C(COC)C[C@H]1C(=O)N(c3cccc([N+](=O)[O-])c3)C(=O)[C@H]12. The second-order valence-corrected chi connectivity index (χ2v) is 10.9. The molecule has 3 aliphatic rings. The number of aromatic hydroxyl groups is 1. The van der Waals surface area contributed by atoms with Gasteiger partial charge >= 0.3 is 7.12 Å². The molecule has 2 heterocycles. The van der Waals surface area contributed by atoms with E-state index in [1.54, 1.807) is 13.2 Å². The summed E-state index contributed by atoms with van der Waals surface area (Å²) in [5, 5.41) is 31.6. The van der Waals surface area contributed by atoms with Gasteiger partial charge in [-0.3, -0.25) is 19.7 Å². The fourth-order valence-corrected chi connectivity index (χ4v) is 6.59. The van der Waals surface area contributed by atoms with Crippen LogP contribution < -0.4 is 4.90 Å². The van der Waals surface area contributed by atoms with E-state index in [9.17, 15) is 34.2 Å². The number of phenolic OH excluding ortho intramolecular Hbond substituents is 1.